The molecule has 0 aliphatic carbocycles. The average molecular weight is 218 g/mol. The van der Waals surface area contributed by atoms with Gasteiger partial charge in [0.1, 0.15) is 5.75 Å². The molecule has 0 atom stereocenters. The number of hydrogen-bond donors (Lipinski definition) is 0. The summed E-state index contributed by atoms with van der Waals surface area (Å²) in [4.78, 5) is 22.3. The van der Waals surface area contributed by atoms with Crippen molar-refractivity contribution in [2.75, 3.05) is 7.11 Å². The second-order valence-electron chi connectivity index (χ2n) is 3.31. The molecule has 1 aliphatic heterocycles. The molecule has 0 unspecified atom stereocenters. The highest BCUT2D eigenvalue weighted by Gasteiger charge is 2.21. The number of rotatable bonds is 2. The van der Waals surface area contributed by atoms with Crippen molar-refractivity contribution in [2.45, 2.75) is 6.42 Å². The van der Waals surface area contributed by atoms with E-state index < -0.39 is 11.9 Å². The van der Waals surface area contributed by atoms with Crippen LogP contribution in [0.2, 0.25) is 0 Å². The first-order valence-electron chi connectivity index (χ1n) is 4.80. The van der Waals surface area contributed by atoms with Crippen LogP contribution >= 0.6 is 0 Å². The van der Waals surface area contributed by atoms with Crippen LogP contribution in [0, 0.1) is 0 Å². The quantitative estimate of drug-likeness (QED) is 0.558. The monoisotopic (exact) mass is 218 g/mol. The highest BCUT2D eigenvalue weighted by molar-refractivity contribution is 6.21. The molecule has 0 saturated heterocycles. The molecule has 82 valence electrons. The van der Waals surface area contributed by atoms with E-state index in [0.717, 1.165) is 5.56 Å². The average Bonchev–Trinajstić information content (AvgIpc) is 2.29. The summed E-state index contributed by atoms with van der Waals surface area (Å²) in [7, 11) is 1.57. The SMILES string of the molecule is COc1ccc(C2=CCC(=O)OC2=O)cc1. The molecule has 1 aromatic rings. The van der Waals surface area contributed by atoms with Gasteiger partial charge in [0.2, 0.25) is 0 Å². The van der Waals surface area contributed by atoms with Gasteiger partial charge in [-0.2, -0.15) is 0 Å². The van der Waals surface area contributed by atoms with Crippen LogP contribution in [0.25, 0.3) is 5.57 Å². The first-order chi connectivity index (χ1) is 7.70. The predicted octanol–water partition coefficient (Wildman–Crippen LogP) is 1.55. The van der Waals surface area contributed by atoms with E-state index in [1.165, 1.54) is 0 Å². The Kier molecular flexibility index (Phi) is 2.72. The normalized spacial score (nSPS) is 15.4. The highest BCUT2D eigenvalue weighted by Crippen LogP contribution is 2.22. The van der Waals surface area contributed by atoms with Crippen molar-refractivity contribution in [2.24, 2.45) is 0 Å². The fourth-order valence-corrected chi connectivity index (χ4v) is 1.48. The first kappa shape index (κ1) is 10.4. The van der Waals surface area contributed by atoms with Gasteiger partial charge in [0.05, 0.1) is 19.1 Å². The summed E-state index contributed by atoms with van der Waals surface area (Å²) in [6, 6.07) is 7.00. The molecule has 1 aromatic carbocycles. The Hall–Kier alpha value is -2.10. The first-order valence-corrected chi connectivity index (χ1v) is 4.80. The summed E-state index contributed by atoms with van der Waals surface area (Å²) < 4.78 is 9.54. The number of carbonyl (C=O) groups is 2. The Morgan fingerprint density at radius 1 is 1.19 bits per heavy atom. The Balaban J connectivity index is 2.30. The van der Waals surface area contributed by atoms with E-state index in [0.29, 0.717) is 11.3 Å². The van der Waals surface area contributed by atoms with Crippen LogP contribution in [0.3, 0.4) is 0 Å². The van der Waals surface area contributed by atoms with E-state index in [1.807, 2.05) is 0 Å². The second kappa shape index (κ2) is 4.18. The summed E-state index contributed by atoms with van der Waals surface area (Å²) in [6.45, 7) is 0. The fraction of sp³-hybridized carbons (Fsp3) is 0.167. The van der Waals surface area contributed by atoms with E-state index >= 15 is 0 Å². The summed E-state index contributed by atoms with van der Waals surface area (Å²) in [5.74, 6) is -0.395. The molecule has 0 N–H and O–H groups in total. The minimum atomic E-state index is -0.596. The van der Waals surface area contributed by atoms with Crippen molar-refractivity contribution in [3.8, 4) is 5.75 Å². The molecule has 0 aromatic heterocycles. The molecule has 0 radical (unpaired) electrons. The molecule has 0 spiro atoms. The molecule has 1 heterocycles. The lowest BCUT2D eigenvalue weighted by molar-refractivity contribution is -0.155. The van der Waals surface area contributed by atoms with Crippen molar-refractivity contribution in [1.82, 2.24) is 0 Å². The molecular weight excluding hydrogens is 208 g/mol. The van der Waals surface area contributed by atoms with Gasteiger partial charge in [-0.15, -0.1) is 0 Å². The van der Waals surface area contributed by atoms with Gasteiger partial charge in [-0.05, 0) is 17.7 Å². The third kappa shape index (κ3) is 1.95. The number of hydrogen-bond acceptors (Lipinski definition) is 4. The van der Waals surface area contributed by atoms with E-state index in [9.17, 15) is 9.59 Å². The fourth-order valence-electron chi connectivity index (χ4n) is 1.48. The Labute approximate surface area is 92.5 Å². The molecule has 4 nitrogen and oxygen atoms in total. The molecule has 0 saturated carbocycles. The van der Waals surface area contributed by atoms with E-state index in [2.05, 4.69) is 4.74 Å². The number of ether oxygens (including phenoxy) is 2. The predicted molar refractivity (Wildman–Crippen MR) is 56.7 cm³/mol. The molecule has 0 bridgehead atoms. The topological polar surface area (TPSA) is 52.6 Å². The molecule has 0 amide bonds. The molecule has 0 fully saturated rings. The van der Waals surface area contributed by atoms with Crippen molar-refractivity contribution in [3.63, 3.8) is 0 Å². The number of methoxy groups -OCH3 is 1. The van der Waals surface area contributed by atoms with Crippen LogP contribution < -0.4 is 4.74 Å². The summed E-state index contributed by atoms with van der Waals surface area (Å²) >= 11 is 0. The summed E-state index contributed by atoms with van der Waals surface area (Å²) in [5, 5.41) is 0. The van der Waals surface area contributed by atoms with Gasteiger partial charge in [-0.3, -0.25) is 4.79 Å². The summed E-state index contributed by atoms with van der Waals surface area (Å²) in [6.07, 6.45) is 1.71. The van der Waals surface area contributed by atoms with Crippen LogP contribution in [0.1, 0.15) is 12.0 Å². The van der Waals surface area contributed by atoms with E-state index in [4.69, 9.17) is 4.74 Å². The highest BCUT2D eigenvalue weighted by atomic mass is 16.6. The molecule has 4 heteroatoms. The van der Waals surface area contributed by atoms with E-state index in [1.54, 1.807) is 37.5 Å². The van der Waals surface area contributed by atoms with Crippen LogP contribution in [0.4, 0.5) is 0 Å². The number of esters is 2. The van der Waals surface area contributed by atoms with Gasteiger partial charge >= 0.3 is 11.9 Å². The summed E-state index contributed by atoms with van der Waals surface area (Å²) in [5.41, 5.74) is 1.14. The molecule has 2 rings (SSSR count). The minimum absolute atomic E-state index is 0.132. The van der Waals surface area contributed by atoms with Crippen molar-refractivity contribution in [1.29, 1.82) is 0 Å². The van der Waals surface area contributed by atoms with Crippen molar-refractivity contribution in [3.05, 3.63) is 35.9 Å². The minimum Gasteiger partial charge on any atom is -0.497 e. The standard InChI is InChI=1S/C12H10O4/c1-15-9-4-2-8(3-5-9)10-6-7-11(13)16-12(10)14/h2-6H,7H2,1H3. The van der Waals surface area contributed by atoms with Gasteiger partial charge in [-0.25, -0.2) is 4.79 Å². The van der Waals surface area contributed by atoms with E-state index in [-0.39, 0.29) is 6.42 Å². The molecular formula is C12H10O4. The maximum Gasteiger partial charge on any atom is 0.346 e. The molecule has 1 aliphatic rings. The van der Waals surface area contributed by atoms with Crippen LogP contribution in [0.5, 0.6) is 5.75 Å². The van der Waals surface area contributed by atoms with Gasteiger partial charge < -0.3 is 9.47 Å². The largest absolute Gasteiger partial charge is 0.497 e. The Morgan fingerprint density at radius 2 is 1.88 bits per heavy atom. The van der Waals surface area contributed by atoms with Gasteiger partial charge in [0, 0.05) is 0 Å². The maximum absolute atomic E-state index is 11.4. The third-order valence-electron chi connectivity index (χ3n) is 2.30. The molecule has 16 heavy (non-hydrogen) atoms. The lowest BCUT2D eigenvalue weighted by Crippen LogP contribution is -2.17. The van der Waals surface area contributed by atoms with Crippen LogP contribution in [0.15, 0.2) is 30.3 Å². The van der Waals surface area contributed by atoms with Crippen LogP contribution in [-0.4, -0.2) is 19.0 Å². The van der Waals surface area contributed by atoms with Crippen molar-refractivity contribution < 1.29 is 19.1 Å². The number of carbonyl (C=O) groups excluding carboxylic acids is 2. The van der Waals surface area contributed by atoms with Crippen molar-refractivity contribution >= 4 is 17.5 Å². The second-order valence-corrected chi connectivity index (χ2v) is 3.31. The van der Waals surface area contributed by atoms with Gasteiger partial charge in [-0.1, -0.05) is 18.2 Å². The number of benzene rings is 1. The smallest absolute Gasteiger partial charge is 0.346 e. The third-order valence-corrected chi connectivity index (χ3v) is 2.30. The Morgan fingerprint density at radius 3 is 2.44 bits per heavy atom. The number of cyclic esters (lactones) is 2. The zero-order chi connectivity index (χ0) is 11.5. The zero-order valence-electron chi connectivity index (χ0n) is 8.73. The maximum atomic E-state index is 11.4. The lowest BCUT2D eigenvalue weighted by atomic mass is 10.0. The van der Waals surface area contributed by atoms with Gasteiger partial charge in [0.25, 0.3) is 0 Å². The zero-order valence-corrected chi connectivity index (χ0v) is 8.73. The Bertz CT molecular complexity index is 456. The lowest BCUT2D eigenvalue weighted by Gasteiger charge is -2.11. The van der Waals surface area contributed by atoms with Crippen LogP contribution in [-0.2, 0) is 14.3 Å². The van der Waals surface area contributed by atoms with Gasteiger partial charge in [0.15, 0.2) is 0 Å².